The van der Waals surface area contributed by atoms with Crippen LogP contribution in [0.2, 0.25) is 0 Å². The van der Waals surface area contributed by atoms with Crippen LogP contribution in [0.1, 0.15) is 33.1 Å². The maximum Gasteiger partial charge on any atom is 0.320 e. The molecule has 0 saturated carbocycles. The average molecular weight is 211 g/mol. The minimum absolute atomic E-state index is 0.305. The Bertz CT molecular complexity index is 250. The Balaban J connectivity index is 2.63. The molecule has 0 bridgehead atoms. The van der Waals surface area contributed by atoms with Crippen molar-refractivity contribution >= 4 is 5.97 Å². The molecule has 0 radical (unpaired) electrons. The van der Waals surface area contributed by atoms with Crippen LogP contribution in [0.15, 0.2) is 12.2 Å². The zero-order chi connectivity index (χ0) is 11.4. The number of hydrogen-bond donors (Lipinski definition) is 1. The highest BCUT2D eigenvalue weighted by Crippen LogP contribution is 2.25. The Labute approximate surface area is 91.8 Å². The third kappa shape index (κ3) is 3.34. The molecule has 3 heteroatoms. The van der Waals surface area contributed by atoms with E-state index in [1.807, 2.05) is 11.8 Å². The maximum absolute atomic E-state index is 11.1. The summed E-state index contributed by atoms with van der Waals surface area (Å²) in [6.45, 7) is 9.54. The molecule has 1 N–H and O–H groups in total. The van der Waals surface area contributed by atoms with Crippen molar-refractivity contribution in [2.45, 2.75) is 39.2 Å². The van der Waals surface area contributed by atoms with E-state index in [1.54, 1.807) is 0 Å². The van der Waals surface area contributed by atoms with Gasteiger partial charge in [0.2, 0.25) is 0 Å². The zero-order valence-electron chi connectivity index (χ0n) is 9.70. The molecule has 0 spiro atoms. The first-order valence-corrected chi connectivity index (χ1v) is 5.65. The second-order valence-electron chi connectivity index (χ2n) is 4.58. The molecule has 1 aliphatic heterocycles. The number of hydrogen-bond acceptors (Lipinski definition) is 2. The van der Waals surface area contributed by atoms with Crippen LogP contribution >= 0.6 is 0 Å². The van der Waals surface area contributed by atoms with Crippen LogP contribution in [0.5, 0.6) is 0 Å². The van der Waals surface area contributed by atoms with Gasteiger partial charge in [-0.05, 0) is 32.2 Å². The summed E-state index contributed by atoms with van der Waals surface area (Å²) in [4.78, 5) is 13.2. The van der Waals surface area contributed by atoms with E-state index in [2.05, 4.69) is 13.5 Å². The van der Waals surface area contributed by atoms with Crippen LogP contribution in [0.3, 0.4) is 0 Å². The third-order valence-corrected chi connectivity index (χ3v) is 3.16. The lowest BCUT2D eigenvalue weighted by molar-refractivity contribution is -0.145. The van der Waals surface area contributed by atoms with E-state index in [-0.39, 0.29) is 6.04 Å². The number of likely N-dealkylation sites (tertiary alicyclic amines) is 1. The molecule has 0 aromatic rings. The summed E-state index contributed by atoms with van der Waals surface area (Å²) in [7, 11) is 0. The lowest BCUT2D eigenvalue weighted by Crippen LogP contribution is -2.47. The van der Waals surface area contributed by atoms with Crippen molar-refractivity contribution in [3.05, 3.63) is 12.2 Å². The molecule has 0 aromatic heterocycles. The summed E-state index contributed by atoms with van der Waals surface area (Å²) in [6, 6.07) is -0.305. The van der Waals surface area contributed by atoms with Crippen molar-refractivity contribution < 1.29 is 9.90 Å². The SMILES string of the molecule is C=C(C)CN1CCC(CC)CC1C(=O)O. The predicted molar refractivity (Wildman–Crippen MR) is 60.8 cm³/mol. The monoisotopic (exact) mass is 211 g/mol. The number of rotatable bonds is 4. The Morgan fingerprint density at radius 1 is 1.60 bits per heavy atom. The Kier molecular flexibility index (Phi) is 4.33. The van der Waals surface area contributed by atoms with Gasteiger partial charge in [-0.25, -0.2) is 0 Å². The second-order valence-corrected chi connectivity index (χ2v) is 4.58. The van der Waals surface area contributed by atoms with Crippen molar-refractivity contribution in [2.75, 3.05) is 13.1 Å². The number of nitrogens with zero attached hydrogens (tertiary/aromatic N) is 1. The van der Waals surface area contributed by atoms with Crippen LogP contribution in [-0.4, -0.2) is 35.1 Å². The molecule has 1 saturated heterocycles. The fourth-order valence-electron chi connectivity index (χ4n) is 2.25. The topological polar surface area (TPSA) is 40.5 Å². The van der Waals surface area contributed by atoms with Gasteiger partial charge >= 0.3 is 5.97 Å². The molecule has 0 amide bonds. The molecule has 2 atom stereocenters. The van der Waals surface area contributed by atoms with Crippen LogP contribution < -0.4 is 0 Å². The van der Waals surface area contributed by atoms with Crippen molar-refractivity contribution in [3.8, 4) is 0 Å². The minimum Gasteiger partial charge on any atom is -0.480 e. The summed E-state index contributed by atoms with van der Waals surface area (Å²) >= 11 is 0. The molecule has 15 heavy (non-hydrogen) atoms. The first-order valence-electron chi connectivity index (χ1n) is 5.65. The van der Waals surface area contributed by atoms with Crippen LogP contribution in [0.25, 0.3) is 0 Å². The first-order chi connectivity index (χ1) is 7.04. The van der Waals surface area contributed by atoms with E-state index < -0.39 is 5.97 Å². The van der Waals surface area contributed by atoms with Crippen molar-refractivity contribution in [1.29, 1.82) is 0 Å². The Hall–Kier alpha value is -0.830. The Morgan fingerprint density at radius 2 is 2.27 bits per heavy atom. The maximum atomic E-state index is 11.1. The fraction of sp³-hybridized carbons (Fsp3) is 0.750. The number of piperidine rings is 1. The molecule has 3 nitrogen and oxygen atoms in total. The number of carboxylic acid groups (broad SMARTS) is 1. The molecular formula is C12H21NO2. The van der Waals surface area contributed by atoms with Gasteiger partial charge in [0, 0.05) is 6.54 Å². The van der Waals surface area contributed by atoms with E-state index >= 15 is 0 Å². The highest BCUT2D eigenvalue weighted by atomic mass is 16.4. The molecule has 2 unspecified atom stereocenters. The summed E-state index contributed by atoms with van der Waals surface area (Å²) < 4.78 is 0. The molecule has 0 aliphatic carbocycles. The molecule has 1 heterocycles. The summed E-state index contributed by atoms with van der Waals surface area (Å²) in [5, 5.41) is 9.16. The van der Waals surface area contributed by atoms with E-state index in [0.717, 1.165) is 31.4 Å². The average Bonchev–Trinajstić information content (AvgIpc) is 2.17. The molecule has 1 rings (SSSR count). The predicted octanol–water partition coefficient (Wildman–Crippen LogP) is 2.14. The van der Waals surface area contributed by atoms with E-state index in [9.17, 15) is 4.79 Å². The third-order valence-electron chi connectivity index (χ3n) is 3.16. The number of aliphatic carboxylic acids is 1. The summed E-state index contributed by atoms with van der Waals surface area (Å²) in [6.07, 6.45) is 3.00. The van der Waals surface area contributed by atoms with Crippen LogP contribution in [0.4, 0.5) is 0 Å². The lowest BCUT2D eigenvalue weighted by atomic mass is 9.88. The van der Waals surface area contributed by atoms with Crippen LogP contribution in [-0.2, 0) is 4.79 Å². The highest BCUT2D eigenvalue weighted by molar-refractivity contribution is 5.73. The standard InChI is InChI=1S/C12H21NO2/c1-4-10-5-6-13(8-9(2)3)11(7-10)12(14)15/h10-11H,2,4-8H2,1,3H3,(H,14,15). The fourth-order valence-corrected chi connectivity index (χ4v) is 2.25. The van der Waals surface area contributed by atoms with Gasteiger partial charge in [0.1, 0.15) is 6.04 Å². The van der Waals surface area contributed by atoms with Crippen molar-refractivity contribution in [1.82, 2.24) is 4.90 Å². The van der Waals surface area contributed by atoms with Gasteiger partial charge in [0.25, 0.3) is 0 Å². The molecule has 0 aromatic carbocycles. The van der Waals surface area contributed by atoms with E-state index in [0.29, 0.717) is 12.5 Å². The minimum atomic E-state index is -0.686. The van der Waals surface area contributed by atoms with Gasteiger partial charge < -0.3 is 5.11 Å². The van der Waals surface area contributed by atoms with Gasteiger partial charge in [-0.3, -0.25) is 9.69 Å². The number of carbonyl (C=O) groups is 1. The smallest absolute Gasteiger partial charge is 0.320 e. The van der Waals surface area contributed by atoms with E-state index in [1.165, 1.54) is 0 Å². The number of carboxylic acids is 1. The Morgan fingerprint density at radius 3 is 2.73 bits per heavy atom. The van der Waals surface area contributed by atoms with Gasteiger partial charge in [-0.1, -0.05) is 25.5 Å². The quantitative estimate of drug-likeness (QED) is 0.724. The zero-order valence-corrected chi connectivity index (χ0v) is 9.70. The molecule has 1 fully saturated rings. The molecule has 1 aliphatic rings. The normalized spacial score (nSPS) is 27.6. The molecule has 86 valence electrons. The largest absolute Gasteiger partial charge is 0.480 e. The highest BCUT2D eigenvalue weighted by Gasteiger charge is 2.32. The van der Waals surface area contributed by atoms with Gasteiger partial charge in [0.15, 0.2) is 0 Å². The van der Waals surface area contributed by atoms with Gasteiger partial charge in [0.05, 0.1) is 0 Å². The first kappa shape index (κ1) is 12.2. The van der Waals surface area contributed by atoms with Crippen molar-refractivity contribution in [2.24, 2.45) is 5.92 Å². The molecular weight excluding hydrogens is 190 g/mol. The lowest BCUT2D eigenvalue weighted by Gasteiger charge is -2.36. The second kappa shape index (κ2) is 5.31. The van der Waals surface area contributed by atoms with Gasteiger partial charge in [-0.2, -0.15) is 0 Å². The van der Waals surface area contributed by atoms with Crippen molar-refractivity contribution in [3.63, 3.8) is 0 Å². The summed E-state index contributed by atoms with van der Waals surface area (Å²) in [5.74, 6) is -0.109. The summed E-state index contributed by atoms with van der Waals surface area (Å²) in [5.41, 5.74) is 1.04. The van der Waals surface area contributed by atoms with Crippen LogP contribution in [0, 0.1) is 5.92 Å². The van der Waals surface area contributed by atoms with E-state index in [4.69, 9.17) is 5.11 Å². The van der Waals surface area contributed by atoms with Gasteiger partial charge in [-0.15, -0.1) is 0 Å².